The van der Waals surface area contributed by atoms with E-state index in [4.69, 9.17) is 0 Å². The Labute approximate surface area is 102 Å². The van der Waals surface area contributed by atoms with Gasteiger partial charge in [-0.25, -0.2) is 0 Å². The van der Waals surface area contributed by atoms with Crippen LogP contribution in [-0.4, -0.2) is 5.78 Å². The molecule has 2 aliphatic rings. The predicted molar refractivity (Wildman–Crippen MR) is 64.6 cm³/mol. The standard InChI is InChI=1S/C11H14Br2O/c12-10(13)5-8-4-9(14)7-11(6-8)2-1-3-11/h5,8H,1-4,6-7H2. The zero-order chi connectivity index (χ0) is 10.2. The number of hydrogen-bond acceptors (Lipinski definition) is 1. The summed E-state index contributed by atoms with van der Waals surface area (Å²) in [6, 6.07) is 0. The quantitative estimate of drug-likeness (QED) is 0.709. The van der Waals surface area contributed by atoms with Gasteiger partial charge in [0.25, 0.3) is 0 Å². The molecule has 0 saturated heterocycles. The van der Waals surface area contributed by atoms with Crippen LogP contribution in [0.15, 0.2) is 9.47 Å². The van der Waals surface area contributed by atoms with Gasteiger partial charge in [-0.15, -0.1) is 0 Å². The molecule has 3 heteroatoms. The minimum Gasteiger partial charge on any atom is -0.300 e. The van der Waals surface area contributed by atoms with Gasteiger partial charge in [-0.3, -0.25) is 4.79 Å². The molecule has 0 aromatic carbocycles. The first kappa shape index (κ1) is 10.9. The molecule has 1 nitrogen and oxygen atoms in total. The van der Waals surface area contributed by atoms with Gasteiger partial charge in [0, 0.05) is 12.8 Å². The van der Waals surface area contributed by atoms with Crippen molar-refractivity contribution in [2.45, 2.75) is 38.5 Å². The van der Waals surface area contributed by atoms with Crippen LogP contribution >= 0.6 is 31.9 Å². The SMILES string of the molecule is O=C1CC(C=C(Br)Br)CC2(CCC2)C1. The molecule has 2 rings (SSSR count). The first-order chi connectivity index (χ1) is 6.60. The van der Waals surface area contributed by atoms with Crippen LogP contribution in [0.3, 0.4) is 0 Å². The molecule has 1 atom stereocenters. The first-order valence-electron chi connectivity index (χ1n) is 5.14. The normalized spacial score (nSPS) is 29.9. The Kier molecular flexibility index (Phi) is 3.18. The highest BCUT2D eigenvalue weighted by molar-refractivity contribution is 9.28. The van der Waals surface area contributed by atoms with Crippen molar-refractivity contribution in [3.05, 3.63) is 9.47 Å². The van der Waals surface area contributed by atoms with E-state index < -0.39 is 0 Å². The summed E-state index contributed by atoms with van der Waals surface area (Å²) in [5.41, 5.74) is 0.395. The van der Waals surface area contributed by atoms with Crippen molar-refractivity contribution in [3.63, 3.8) is 0 Å². The van der Waals surface area contributed by atoms with Crippen LogP contribution in [0.4, 0.5) is 0 Å². The number of rotatable bonds is 1. The molecule has 2 saturated carbocycles. The number of carbonyl (C=O) groups excluding carboxylic acids is 1. The van der Waals surface area contributed by atoms with E-state index in [0.29, 0.717) is 17.1 Å². The van der Waals surface area contributed by atoms with E-state index in [1.165, 1.54) is 25.7 Å². The summed E-state index contributed by atoms with van der Waals surface area (Å²) in [6.07, 6.45) is 8.78. The second-order valence-electron chi connectivity index (χ2n) is 4.69. The van der Waals surface area contributed by atoms with E-state index in [-0.39, 0.29) is 0 Å². The van der Waals surface area contributed by atoms with Crippen LogP contribution in [0, 0.1) is 11.3 Å². The zero-order valence-corrected chi connectivity index (χ0v) is 11.2. The molecule has 0 aromatic rings. The van der Waals surface area contributed by atoms with Gasteiger partial charge >= 0.3 is 0 Å². The van der Waals surface area contributed by atoms with Gasteiger partial charge in [0.05, 0.1) is 3.39 Å². The molecule has 2 aliphatic carbocycles. The van der Waals surface area contributed by atoms with Crippen LogP contribution in [0.5, 0.6) is 0 Å². The maximum atomic E-state index is 11.6. The summed E-state index contributed by atoms with van der Waals surface area (Å²) in [5.74, 6) is 0.906. The van der Waals surface area contributed by atoms with Crippen molar-refractivity contribution >= 4 is 37.6 Å². The van der Waals surface area contributed by atoms with E-state index in [1.807, 2.05) is 0 Å². The van der Waals surface area contributed by atoms with Crippen LogP contribution in [0.25, 0.3) is 0 Å². The van der Waals surface area contributed by atoms with Gasteiger partial charge in [-0.1, -0.05) is 12.5 Å². The lowest BCUT2D eigenvalue weighted by molar-refractivity contribution is -0.127. The van der Waals surface area contributed by atoms with Crippen LogP contribution in [0.1, 0.15) is 38.5 Å². The third kappa shape index (κ3) is 2.30. The van der Waals surface area contributed by atoms with Crippen molar-refractivity contribution < 1.29 is 4.79 Å². The van der Waals surface area contributed by atoms with Gasteiger partial charge in [-0.2, -0.15) is 0 Å². The Balaban J connectivity index is 2.06. The van der Waals surface area contributed by atoms with Crippen molar-refractivity contribution in [2.75, 3.05) is 0 Å². The number of Topliss-reactive ketones (excluding diaryl/α,β-unsaturated/α-hetero) is 1. The van der Waals surface area contributed by atoms with Crippen LogP contribution in [-0.2, 0) is 4.79 Å². The Bertz CT molecular complexity index is 275. The summed E-state index contributed by atoms with van der Waals surface area (Å²) >= 11 is 6.75. The van der Waals surface area contributed by atoms with Gasteiger partial charge in [0.15, 0.2) is 0 Å². The highest BCUT2D eigenvalue weighted by Crippen LogP contribution is 2.52. The van der Waals surface area contributed by atoms with Gasteiger partial charge < -0.3 is 0 Å². The smallest absolute Gasteiger partial charge is 0.134 e. The average Bonchev–Trinajstić information content (AvgIpc) is 1.98. The summed E-state index contributed by atoms with van der Waals surface area (Å²) < 4.78 is 0.985. The highest BCUT2D eigenvalue weighted by atomic mass is 79.9. The zero-order valence-electron chi connectivity index (χ0n) is 8.06. The average molecular weight is 322 g/mol. The van der Waals surface area contributed by atoms with E-state index in [9.17, 15) is 4.79 Å². The fraction of sp³-hybridized carbons (Fsp3) is 0.727. The van der Waals surface area contributed by atoms with Gasteiger partial charge in [-0.05, 0) is 62.5 Å². The molecular formula is C11H14Br2O. The maximum Gasteiger partial charge on any atom is 0.134 e. The number of hydrogen-bond donors (Lipinski definition) is 0. The second kappa shape index (κ2) is 4.09. The number of ketones is 1. The minimum absolute atomic E-state index is 0.395. The molecule has 1 spiro atoms. The fourth-order valence-electron chi connectivity index (χ4n) is 2.84. The molecule has 0 radical (unpaired) electrons. The van der Waals surface area contributed by atoms with Crippen molar-refractivity contribution in [1.82, 2.24) is 0 Å². The molecule has 0 aromatic heterocycles. The van der Waals surface area contributed by atoms with Crippen LogP contribution < -0.4 is 0 Å². The number of allylic oxidation sites excluding steroid dienone is 1. The molecule has 0 bridgehead atoms. The van der Waals surface area contributed by atoms with E-state index in [0.717, 1.165) is 16.2 Å². The molecule has 2 fully saturated rings. The summed E-state index contributed by atoms with van der Waals surface area (Å²) in [4.78, 5) is 11.6. The Morgan fingerprint density at radius 3 is 2.64 bits per heavy atom. The summed E-state index contributed by atoms with van der Waals surface area (Å²) in [5, 5.41) is 0. The number of halogens is 2. The monoisotopic (exact) mass is 320 g/mol. The van der Waals surface area contributed by atoms with Gasteiger partial charge in [0.2, 0.25) is 0 Å². The molecule has 0 amide bonds. The highest BCUT2D eigenvalue weighted by Gasteiger charge is 2.43. The lowest BCUT2D eigenvalue weighted by atomic mass is 9.58. The first-order valence-corrected chi connectivity index (χ1v) is 6.73. The third-order valence-corrected chi connectivity index (χ3v) is 4.06. The Morgan fingerprint density at radius 1 is 1.43 bits per heavy atom. The molecule has 0 heterocycles. The lowest BCUT2D eigenvalue weighted by Crippen LogP contribution is -2.38. The van der Waals surface area contributed by atoms with Crippen molar-refractivity contribution in [1.29, 1.82) is 0 Å². The third-order valence-electron chi connectivity index (χ3n) is 3.53. The van der Waals surface area contributed by atoms with E-state index in [2.05, 4.69) is 37.9 Å². The second-order valence-corrected chi connectivity index (χ2v) is 7.47. The molecular weight excluding hydrogens is 308 g/mol. The minimum atomic E-state index is 0.395. The molecule has 0 aliphatic heterocycles. The van der Waals surface area contributed by atoms with Crippen molar-refractivity contribution in [2.24, 2.45) is 11.3 Å². The Hall–Kier alpha value is 0.370. The lowest BCUT2D eigenvalue weighted by Gasteiger charge is -2.46. The van der Waals surface area contributed by atoms with E-state index in [1.54, 1.807) is 0 Å². The summed E-state index contributed by atoms with van der Waals surface area (Å²) in [7, 11) is 0. The van der Waals surface area contributed by atoms with Crippen molar-refractivity contribution in [3.8, 4) is 0 Å². The topological polar surface area (TPSA) is 17.1 Å². The Morgan fingerprint density at radius 2 is 2.14 bits per heavy atom. The molecule has 1 unspecified atom stereocenters. The molecule has 0 N–H and O–H groups in total. The predicted octanol–water partition coefficient (Wildman–Crippen LogP) is 4.16. The molecule has 78 valence electrons. The maximum absolute atomic E-state index is 11.6. The fourth-order valence-corrected chi connectivity index (χ4v) is 3.58. The molecule has 14 heavy (non-hydrogen) atoms. The van der Waals surface area contributed by atoms with Crippen LogP contribution in [0.2, 0.25) is 0 Å². The number of carbonyl (C=O) groups is 1. The van der Waals surface area contributed by atoms with E-state index >= 15 is 0 Å². The largest absolute Gasteiger partial charge is 0.300 e. The summed E-state index contributed by atoms with van der Waals surface area (Å²) in [6.45, 7) is 0. The van der Waals surface area contributed by atoms with Gasteiger partial charge in [0.1, 0.15) is 5.78 Å².